The molecule has 6 nitrogen and oxygen atoms in total. The first kappa shape index (κ1) is 16.8. The third-order valence-corrected chi connectivity index (χ3v) is 3.85. The maximum absolute atomic E-state index is 13.7. The number of furan rings is 2. The molecule has 130 valence electrons. The van der Waals surface area contributed by atoms with Crippen LogP contribution < -0.4 is 10.1 Å². The van der Waals surface area contributed by atoms with Crippen LogP contribution in [0.2, 0.25) is 0 Å². The van der Waals surface area contributed by atoms with Crippen LogP contribution in [0.3, 0.4) is 0 Å². The lowest BCUT2D eigenvalue weighted by Crippen LogP contribution is -2.41. The van der Waals surface area contributed by atoms with Gasteiger partial charge in [-0.15, -0.1) is 0 Å². The molecule has 1 aromatic carbocycles. The molecule has 0 bridgehead atoms. The summed E-state index contributed by atoms with van der Waals surface area (Å²) in [6.07, 6.45) is 4.19. The van der Waals surface area contributed by atoms with E-state index >= 15 is 0 Å². The van der Waals surface area contributed by atoms with Gasteiger partial charge < -0.3 is 24.0 Å². The van der Waals surface area contributed by atoms with Gasteiger partial charge in [-0.1, -0.05) is 0 Å². The van der Waals surface area contributed by atoms with Gasteiger partial charge in [0.1, 0.15) is 5.76 Å². The number of hydrogen-bond acceptors (Lipinski definition) is 5. The molecule has 0 spiro atoms. The number of methoxy groups -OCH3 is 1. The third-order valence-electron chi connectivity index (χ3n) is 3.85. The molecule has 0 saturated heterocycles. The zero-order valence-corrected chi connectivity index (χ0v) is 13.4. The second kappa shape index (κ2) is 6.82. The third kappa shape index (κ3) is 3.27. The van der Waals surface area contributed by atoms with Gasteiger partial charge in [0.25, 0.3) is 5.91 Å². The van der Waals surface area contributed by atoms with Gasteiger partial charge >= 0.3 is 0 Å². The van der Waals surface area contributed by atoms with Crippen molar-refractivity contribution in [2.75, 3.05) is 13.7 Å². The summed E-state index contributed by atoms with van der Waals surface area (Å²) < 4.78 is 28.9. The van der Waals surface area contributed by atoms with Gasteiger partial charge in [0, 0.05) is 11.1 Å². The predicted molar refractivity (Wildman–Crippen MR) is 85.7 cm³/mol. The molecule has 3 rings (SSSR count). The van der Waals surface area contributed by atoms with Crippen molar-refractivity contribution in [2.45, 2.75) is 5.60 Å². The van der Waals surface area contributed by atoms with Crippen molar-refractivity contribution in [3.05, 3.63) is 77.9 Å². The number of carbonyl (C=O) groups is 1. The van der Waals surface area contributed by atoms with Crippen molar-refractivity contribution in [1.82, 2.24) is 5.32 Å². The van der Waals surface area contributed by atoms with E-state index in [1.807, 2.05) is 0 Å². The van der Waals surface area contributed by atoms with Crippen LogP contribution in [0.5, 0.6) is 5.75 Å². The topological polar surface area (TPSA) is 84.8 Å². The molecule has 0 saturated carbocycles. The van der Waals surface area contributed by atoms with E-state index in [1.54, 1.807) is 18.2 Å². The van der Waals surface area contributed by atoms with Crippen LogP contribution in [-0.4, -0.2) is 24.7 Å². The Morgan fingerprint density at radius 3 is 2.76 bits per heavy atom. The largest absolute Gasteiger partial charge is 0.494 e. The second-order valence-corrected chi connectivity index (χ2v) is 5.38. The SMILES string of the molecule is COc1ccc(C(=O)NC[C@](O)(c2ccoc2)c2ccco2)cc1F. The van der Waals surface area contributed by atoms with Crippen molar-refractivity contribution in [1.29, 1.82) is 0 Å². The number of aliphatic hydroxyl groups is 1. The first-order valence-electron chi connectivity index (χ1n) is 7.45. The predicted octanol–water partition coefficient (Wildman–Crippen LogP) is 2.69. The van der Waals surface area contributed by atoms with Crippen molar-refractivity contribution >= 4 is 5.91 Å². The van der Waals surface area contributed by atoms with E-state index in [9.17, 15) is 14.3 Å². The van der Waals surface area contributed by atoms with E-state index in [2.05, 4.69) is 5.32 Å². The molecular formula is C18H16FNO5. The summed E-state index contributed by atoms with van der Waals surface area (Å²) in [6, 6.07) is 8.65. The first-order chi connectivity index (χ1) is 12.0. The quantitative estimate of drug-likeness (QED) is 0.717. The molecule has 3 aromatic rings. The van der Waals surface area contributed by atoms with Gasteiger partial charge in [-0.3, -0.25) is 4.79 Å². The number of halogens is 1. The van der Waals surface area contributed by atoms with Crippen LogP contribution >= 0.6 is 0 Å². The Labute approximate surface area is 142 Å². The van der Waals surface area contributed by atoms with Crippen molar-refractivity contribution in [3.63, 3.8) is 0 Å². The average Bonchev–Trinajstić information content (AvgIpc) is 3.33. The summed E-state index contributed by atoms with van der Waals surface area (Å²) in [5.74, 6) is -0.904. The minimum Gasteiger partial charge on any atom is -0.494 e. The summed E-state index contributed by atoms with van der Waals surface area (Å²) in [5, 5.41) is 13.6. The number of amides is 1. The highest BCUT2D eigenvalue weighted by Gasteiger charge is 2.36. The Bertz CT molecular complexity index is 808. The highest BCUT2D eigenvalue weighted by atomic mass is 19.1. The van der Waals surface area contributed by atoms with E-state index in [4.69, 9.17) is 13.6 Å². The standard InChI is InChI=1S/C18H16FNO5/c1-23-15-5-4-12(9-14(15)19)17(21)20-11-18(22,13-6-8-24-10-13)16-3-2-7-25-16/h2-10,22H,11H2,1H3,(H,20,21)/t18-/m0/s1. The van der Waals surface area contributed by atoms with Crippen LogP contribution in [0, 0.1) is 5.82 Å². The van der Waals surface area contributed by atoms with Gasteiger partial charge in [-0.2, -0.15) is 0 Å². The number of rotatable bonds is 6. The van der Waals surface area contributed by atoms with E-state index < -0.39 is 17.3 Å². The molecular weight excluding hydrogens is 329 g/mol. The van der Waals surface area contributed by atoms with Crippen LogP contribution in [0.15, 0.2) is 64.0 Å². The van der Waals surface area contributed by atoms with Crippen LogP contribution in [0.25, 0.3) is 0 Å². The smallest absolute Gasteiger partial charge is 0.251 e. The monoisotopic (exact) mass is 345 g/mol. The Kier molecular flexibility index (Phi) is 4.58. The fraction of sp³-hybridized carbons (Fsp3) is 0.167. The van der Waals surface area contributed by atoms with Crippen molar-refractivity contribution in [2.24, 2.45) is 0 Å². The lowest BCUT2D eigenvalue weighted by Gasteiger charge is -2.25. The highest BCUT2D eigenvalue weighted by Crippen LogP contribution is 2.30. The molecule has 0 radical (unpaired) electrons. The maximum Gasteiger partial charge on any atom is 0.251 e. The summed E-state index contributed by atoms with van der Waals surface area (Å²) in [7, 11) is 1.34. The lowest BCUT2D eigenvalue weighted by molar-refractivity contribution is 0.0520. The molecule has 0 aliphatic rings. The first-order valence-corrected chi connectivity index (χ1v) is 7.45. The number of benzene rings is 1. The molecule has 25 heavy (non-hydrogen) atoms. The van der Waals surface area contributed by atoms with E-state index in [-0.39, 0.29) is 23.6 Å². The summed E-state index contributed by atoms with van der Waals surface area (Å²) in [6.45, 7) is -0.188. The van der Waals surface area contributed by atoms with Gasteiger partial charge in [0.15, 0.2) is 17.2 Å². The van der Waals surface area contributed by atoms with Crippen LogP contribution in [0.1, 0.15) is 21.7 Å². The van der Waals surface area contributed by atoms with Gasteiger partial charge in [-0.05, 0) is 36.4 Å². The molecule has 0 fully saturated rings. The van der Waals surface area contributed by atoms with Crippen molar-refractivity contribution in [3.8, 4) is 5.75 Å². The lowest BCUT2D eigenvalue weighted by atomic mass is 9.93. The molecule has 2 heterocycles. The Hall–Kier alpha value is -3.06. The van der Waals surface area contributed by atoms with E-state index in [1.165, 1.54) is 38.0 Å². The number of nitrogens with one attached hydrogen (secondary N) is 1. The fourth-order valence-electron chi connectivity index (χ4n) is 2.46. The minimum absolute atomic E-state index is 0.0436. The Morgan fingerprint density at radius 1 is 1.32 bits per heavy atom. The second-order valence-electron chi connectivity index (χ2n) is 5.38. The van der Waals surface area contributed by atoms with Gasteiger partial charge in [0.05, 0.1) is 32.4 Å². The van der Waals surface area contributed by atoms with Gasteiger partial charge in [0.2, 0.25) is 0 Å². The summed E-state index contributed by atoms with van der Waals surface area (Å²) in [5.41, 5.74) is -1.09. The van der Waals surface area contributed by atoms with Gasteiger partial charge in [-0.25, -0.2) is 4.39 Å². The molecule has 1 atom stereocenters. The molecule has 2 aromatic heterocycles. The maximum atomic E-state index is 13.7. The minimum atomic E-state index is -1.61. The normalized spacial score (nSPS) is 13.2. The molecule has 7 heteroatoms. The zero-order valence-electron chi connectivity index (χ0n) is 13.4. The zero-order chi connectivity index (χ0) is 17.9. The average molecular weight is 345 g/mol. The molecule has 2 N–H and O–H groups in total. The van der Waals surface area contributed by atoms with Crippen molar-refractivity contribution < 1.29 is 27.9 Å². The molecule has 0 unspecified atom stereocenters. The van der Waals surface area contributed by atoms with E-state index in [0.717, 1.165) is 6.07 Å². The highest BCUT2D eigenvalue weighted by molar-refractivity contribution is 5.94. The molecule has 0 aliphatic carbocycles. The summed E-state index contributed by atoms with van der Waals surface area (Å²) >= 11 is 0. The van der Waals surface area contributed by atoms with Crippen LogP contribution in [0.4, 0.5) is 4.39 Å². The number of ether oxygens (including phenoxy) is 1. The molecule has 0 aliphatic heterocycles. The number of carbonyl (C=O) groups excluding carboxylic acids is 1. The number of hydrogen-bond donors (Lipinski definition) is 2. The Morgan fingerprint density at radius 2 is 2.16 bits per heavy atom. The van der Waals surface area contributed by atoms with E-state index in [0.29, 0.717) is 5.56 Å². The fourth-order valence-corrected chi connectivity index (χ4v) is 2.46. The summed E-state index contributed by atoms with van der Waals surface area (Å²) in [4.78, 5) is 12.3. The Balaban J connectivity index is 1.80. The molecule has 1 amide bonds. The van der Waals surface area contributed by atoms with Crippen LogP contribution in [-0.2, 0) is 5.60 Å².